The molecule has 0 radical (unpaired) electrons. The lowest BCUT2D eigenvalue weighted by atomic mass is 9.52. The molecule has 0 N–H and O–H groups in total. The number of aromatic nitrogens is 1. The molecular weight excluding hydrogens is 360 g/mol. The molecular formula is C24H34N4O. The molecule has 1 aliphatic heterocycles. The summed E-state index contributed by atoms with van der Waals surface area (Å²) in [6, 6.07) is 6.94. The van der Waals surface area contributed by atoms with Crippen molar-refractivity contribution in [2.75, 3.05) is 19.6 Å². The van der Waals surface area contributed by atoms with Crippen molar-refractivity contribution in [1.29, 1.82) is 5.26 Å². The van der Waals surface area contributed by atoms with Gasteiger partial charge in [0.25, 0.3) is 0 Å². The molecule has 0 spiro atoms. The van der Waals surface area contributed by atoms with Crippen LogP contribution in [0.4, 0.5) is 0 Å². The molecule has 5 fully saturated rings. The van der Waals surface area contributed by atoms with Crippen LogP contribution in [0.2, 0.25) is 0 Å². The average molecular weight is 395 g/mol. The molecule has 29 heavy (non-hydrogen) atoms. The topological polar surface area (TPSA) is 52.3 Å². The van der Waals surface area contributed by atoms with E-state index in [4.69, 9.17) is 0 Å². The molecule has 4 bridgehead atoms. The maximum absolute atomic E-state index is 13.7. The van der Waals surface area contributed by atoms with Gasteiger partial charge < -0.3 is 9.47 Å². The number of carbonyl (C=O) groups is 1. The monoisotopic (exact) mass is 394 g/mol. The number of nitrogens with zero attached hydrogens (tertiary/aromatic N) is 4. The lowest BCUT2D eigenvalue weighted by Gasteiger charge is -2.60. The highest BCUT2D eigenvalue weighted by atomic mass is 16.2. The third kappa shape index (κ3) is 3.40. The maximum atomic E-state index is 13.7. The van der Waals surface area contributed by atoms with Crippen molar-refractivity contribution in [3.05, 3.63) is 24.0 Å². The Morgan fingerprint density at radius 3 is 2.52 bits per heavy atom. The fourth-order valence-electron chi connectivity index (χ4n) is 7.61. The Hall–Kier alpha value is -1.80. The minimum Gasteiger partial charge on any atom is -0.353 e. The van der Waals surface area contributed by atoms with Gasteiger partial charge in [0.2, 0.25) is 5.91 Å². The van der Waals surface area contributed by atoms with E-state index in [2.05, 4.69) is 45.8 Å². The van der Waals surface area contributed by atoms with Gasteiger partial charge in [-0.1, -0.05) is 0 Å². The molecule has 1 amide bonds. The normalized spacial score (nSPS) is 35.7. The van der Waals surface area contributed by atoms with E-state index in [1.54, 1.807) is 0 Å². The van der Waals surface area contributed by atoms with Crippen LogP contribution in [0.5, 0.6) is 0 Å². The summed E-state index contributed by atoms with van der Waals surface area (Å²) < 4.78 is 2.19. The van der Waals surface area contributed by atoms with Gasteiger partial charge in [-0.25, -0.2) is 0 Å². The van der Waals surface area contributed by atoms with Crippen molar-refractivity contribution in [1.82, 2.24) is 14.4 Å². The minimum atomic E-state index is 0.0445. The van der Waals surface area contributed by atoms with Crippen LogP contribution in [0.15, 0.2) is 18.3 Å². The van der Waals surface area contributed by atoms with Crippen molar-refractivity contribution >= 4 is 5.91 Å². The Labute approximate surface area is 174 Å². The zero-order valence-corrected chi connectivity index (χ0v) is 17.7. The number of carbonyl (C=O) groups excluding carboxylic acids is 1. The molecule has 1 atom stereocenters. The maximum Gasteiger partial charge on any atom is 0.237 e. The second kappa shape index (κ2) is 7.47. The van der Waals surface area contributed by atoms with E-state index in [1.807, 2.05) is 0 Å². The molecule has 2 heterocycles. The Kier molecular flexibility index (Phi) is 4.94. The zero-order valence-electron chi connectivity index (χ0n) is 17.7. The van der Waals surface area contributed by atoms with Crippen LogP contribution in [0.3, 0.4) is 0 Å². The smallest absolute Gasteiger partial charge is 0.237 e. The van der Waals surface area contributed by atoms with Crippen molar-refractivity contribution in [2.45, 2.75) is 69.4 Å². The van der Waals surface area contributed by atoms with Crippen molar-refractivity contribution < 1.29 is 4.79 Å². The Bertz CT molecular complexity index is 771. The van der Waals surface area contributed by atoms with E-state index in [0.29, 0.717) is 25.6 Å². The first-order chi connectivity index (χ1) is 14.1. The van der Waals surface area contributed by atoms with Crippen LogP contribution in [-0.4, -0.2) is 45.4 Å². The first-order valence-corrected chi connectivity index (χ1v) is 11.6. The van der Waals surface area contributed by atoms with Crippen LogP contribution in [0.25, 0.3) is 0 Å². The first kappa shape index (κ1) is 19.2. The van der Waals surface area contributed by atoms with E-state index >= 15 is 0 Å². The van der Waals surface area contributed by atoms with Gasteiger partial charge in [0.1, 0.15) is 0 Å². The predicted molar refractivity (Wildman–Crippen MR) is 112 cm³/mol. The van der Waals surface area contributed by atoms with Gasteiger partial charge in [-0.05, 0) is 87.8 Å². The number of hydrogen-bond donors (Lipinski definition) is 0. The fraction of sp³-hybridized carbons (Fsp3) is 0.750. The summed E-state index contributed by atoms with van der Waals surface area (Å²) in [5.74, 6) is 2.69. The Morgan fingerprint density at radius 2 is 1.93 bits per heavy atom. The fourth-order valence-corrected chi connectivity index (χ4v) is 7.61. The highest BCUT2D eigenvalue weighted by Crippen LogP contribution is 2.57. The van der Waals surface area contributed by atoms with Crippen molar-refractivity contribution in [2.24, 2.45) is 24.8 Å². The summed E-state index contributed by atoms with van der Waals surface area (Å²) in [7, 11) is 2.10. The van der Waals surface area contributed by atoms with Gasteiger partial charge in [-0.15, -0.1) is 0 Å². The van der Waals surface area contributed by atoms with E-state index in [0.717, 1.165) is 37.1 Å². The van der Waals surface area contributed by atoms with Gasteiger partial charge in [0.15, 0.2) is 0 Å². The molecule has 5 aliphatic rings. The van der Waals surface area contributed by atoms with Crippen molar-refractivity contribution in [3.63, 3.8) is 0 Å². The van der Waals surface area contributed by atoms with Crippen molar-refractivity contribution in [3.8, 4) is 6.07 Å². The quantitative estimate of drug-likeness (QED) is 0.736. The Morgan fingerprint density at radius 1 is 1.24 bits per heavy atom. The molecule has 156 valence electrons. The van der Waals surface area contributed by atoms with Crippen LogP contribution >= 0.6 is 0 Å². The van der Waals surface area contributed by atoms with Crippen LogP contribution in [-0.2, 0) is 11.8 Å². The number of hydrogen-bond acceptors (Lipinski definition) is 3. The summed E-state index contributed by atoms with van der Waals surface area (Å²) in [5, 5.41) is 9.26. The molecule has 1 aromatic rings. The van der Waals surface area contributed by atoms with Gasteiger partial charge in [0.05, 0.1) is 25.1 Å². The summed E-state index contributed by atoms with van der Waals surface area (Å²) in [6.45, 7) is 2.11. The molecule has 1 saturated heterocycles. The molecule has 5 nitrogen and oxygen atoms in total. The molecule has 0 unspecified atom stereocenters. The molecule has 4 aliphatic carbocycles. The van der Waals surface area contributed by atoms with E-state index < -0.39 is 0 Å². The van der Waals surface area contributed by atoms with E-state index in [-0.39, 0.29) is 11.4 Å². The van der Waals surface area contributed by atoms with Gasteiger partial charge in [-0.2, -0.15) is 5.26 Å². The molecule has 1 aromatic heterocycles. The first-order valence-electron chi connectivity index (χ1n) is 11.6. The largest absolute Gasteiger partial charge is 0.353 e. The summed E-state index contributed by atoms with van der Waals surface area (Å²) in [6.07, 6.45) is 12.5. The lowest BCUT2D eigenvalue weighted by molar-refractivity contribution is -0.152. The number of rotatable bonds is 6. The van der Waals surface area contributed by atoms with E-state index in [1.165, 1.54) is 44.2 Å². The molecule has 4 saturated carbocycles. The number of aryl methyl sites for hydroxylation is 1. The third-order valence-corrected chi connectivity index (χ3v) is 8.35. The third-order valence-electron chi connectivity index (χ3n) is 8.35. The van der Waals surface area contributed by atoms with Gasteiger partial charge in [-0.3, -0.25) is 9.69 Å². The van der Waals surface area contributed by atoms with E-state index in [9.17, 15) is 10.1 Å². The summed E-state index contributed by atoms with van der Waals surface area (Å²) in [4.78, 5) is 18.3. The number of nitriles is 1. The Balaban J connectivity index is 1.35. The molecule has 6 rings (SSSR count). The second-order valence-electron chi connectivity index (χ2n) is 10.3. The van der Waals surface area contributed by atoms with Gasteiger partial charge >= 0.3 is 0 Å². The second-order valence-corrected chi connectivity index (χ2v) is 10.3. The highest BCUT2D eigenvalue weighted by molar-refractivity contribution is 5.79. The van der Waals surface area contributed by atoms with Crippen LogP contribution in [0.1, 0.15) is 69.5 Å². The zero-order chi connectivity index (χ0) is 20.0. The number of amides is 1. The summed E-state index contributed by atoms with van der Waals surface area (Å²) in [5.41, 5.74) is 1.36. The lowest BCUT2D eigenvalue weighted by Crippen LogP contribution is -2.62. The predicted octanol–water partition coefficient (Wildman–Crippen LogP) is 3.87. The number of likely N-dealkylation sites (tertiary alicyclic amines) is 1. The SMILES string of the molecule is Cn1cccc1[C@H]1CCCN1CC(=O)N(CCC#N)C12CC3CC(CC(C3)C1)C2. The van der Waals surface area contributed by atoms with Gasteiger partial charge in [0, 0.05) is 31.0 Å². The standard InChI is InChI=1S/C24H34N4O/c1-26-8-2-5-21(26)22-6-3-9-27(22)17-23(29)28(10-4-7-25)24-14-18-11-19(15-24)13-20(12-18)16-24/h2,5,8,18-20,22H,3-4,6,9-17H2,1H3/t18?,19?,20?,22-,24?/m1/s1. The minimum absolute atomic E-state index is 0.0445. The van der Waals surface area contributed by atoms with Crippen LogP contribution in [0, 0.1) is 29.1 Å². The molecule has 0 aromatic carbocycles. The summed E-state index contributed by atoms with van der Waals surface area (Å²) >= 11 is 0. The molecule has 5 heteroatoms. The average Bonchev–Trinajstić information content (AvgIpc) is 3.29. The van der Waals surface area contributed by atoms with Crippen LogP contribution < -0.4 is 0 Å². The highest BCUT2D eigenvalue weighted by Gasteiger charge is 2.54.